The van der Waals surface area contributed by atoms with Gasteiger partial charge < -0.3 is 13.7 Å². The molecule has 10 rings (SSSR count). The molecule has 0 atom stereocenters. The molecule has 0 amide bonds. The van der Waals surface area contributed by atoms with Crippen molar-refractivity contribution in [1.29, 1.82) is 0 Å². The van der Waals surface area contributed by atoms with E-state index in [4.69, 9.17) is 13.8 Å². The van der Waals surface area contributed by atoms with Gasteiger partial charge in [0.15, 0.2) is 11.2 Å². The highest BCUT2D eigenvalue weighted by Crippen LogP contribution is 2.53. The van der Waals surface area contributed by atoms with Gasteiger partial charge in [0.1, 0.15) is 16.8 Å². The number of furan rings is 1. The second-order valence-corrected chi connectivity index (χ2v) is 13.6. The van der Waals surface area contributed by atoms with Gasteiger partial charge in [-0.2, -0.15) is 0 Å². The molecular formula is C46H32N2O2. The molecule has 4 nitrogen and oxygen atoms in total. The predicted octanol–water partition coefficient (Wildman–Crippen LogP) is 12.8. The summed E-state index contributed by atoms with van der Waals surface area (Å²) in [5.74, 6) is 0.569. The van der Waals surface area contributed by atoms with E-state index in [1.807, 2.05) is 42.5 Å². The van der Waals surface area contributed by atoms with Crippen LogP contribution in [-0.2, 0) is 5.41 Å². The zero-order valence-corrected chi connectivity index (χ0v) is 27.7. The van der Waals surface area contributed by atoms with E-state index in [2.05, 4.69) is 134 Å². The molecule has 0 aliphatic heterocycles. The van der Waals surface area contributed by atoms with Gasteiger partial charge in [0.25, 0.3) is 0 Å². The number of oxazole rings is 1. The first-order chi connectivity index (χ1) is 24.6. The molecule has 0 saturated heterocycles. The van der Waals surface area contributed by atoms with Gasteiger partial charge in [-0.25, -0.2) is 4.98 Å². The van der Waals surface area contributed by atoms with Crippen molar-refractivity contribution >= 4 is 50.1 Å². The van der Waals surface area contributed by atoms with E-state index in [-0.39, 0.29) is 5.41 Å². The highest BCUT2D eigenvalue weighted by molar-refractivity contribution is 6.18. The molecule has 0 radical (unpaired) electrons. The minimum absolute atomic E-state index is 0.112. The first kappa shape index (κ1) is 28.6. The Labute approximate surface area is 289 Å². The Hall–Kier alpha value is -6.39. The van der Waals surface area contributed by atoms with Crippen LogP contribution in [0.4, 0.5) is 17.1 Å². The van der Waals surface area contributed by atoms with Crippen LogP contribution >= 0.6 is 0 Å². The Morgan fingerprint density at radius 2 is 1.18 bits per heavy atom. The van der Waals surface area contributed by atoms with Gasteiger partial charge in [-0.15, -0.1) is 0 Å². The molecule has 2 aromatic heterocycles. The van der Waals surface area contributed by atoms with Crippen molar-refractivity contribution in [3.8, 4) is 33.7 Å². The van der Waals surface area contributed by atoms with E-state index < -0.39 is 0 Å². The standard InChI is InChI=1S/C46H32N2O2/c1-46(2)37-22-12-9-20-33(37)35-27-31(25-26-38(35)46)48(40-23-13-10-19-32(40)29-15-5-3-6-16-29)42-43-36(34-21-11-14-24-41(34)49-43)28-39-44(42)50-45(47-39)30-17-7-4-8-18-30/h3-28H,1-2H3. The zero-order valence-electron chi connectivity index (χ0n) is 27.7. The third kappa shape index (κ3) is 4.21. The van der Waals surface area contributed by atoms with Gasteiger partial charge in [0.05, 0.1) is 5.69 Å². The van der Waals surface area contributed by atoms with Crippen molar-refractivity contribution in [2.75, 3.05) is 4.90 Å². The fraction of sp³-hybridized carbons (Fsp3) is 0.0652. The molecule has 0 fully saturated rings. The van der Waals surface area contributed by atoms with Crippen LogP contribution in [0.15, 0.2) is 167 Å². The summed E-state index contributed by atoms with van der Waals surface area (Å²) >= 11 is 0. The van der Waals surface area contributed by atoms with Crippen LogP contribution in [0, 0.1) is 0 Å². The predicted molar refractivity (Wildman–Crippen MR) is 204 cm³/mol. The van der Waals surface area contributed by atoms with Gasteiger partial charge in [0.2, 0.25) is 5.89 Å². The van der Waals surface area contributed by atoms with Crippen molar-refractivity contribution in [2.45, 2.75) is 19.3 Å². The van der Waals surface area contributed by atoms with Crippen LogP contribution in [0.1, 0.15) is 25.0 Å². The average molecular weight is 645 g/mol. The number of hydrogen-bond donors (Lipinski definition) is 0. The molecule has 0 N–H and O–H groups in total. The van der Waals surface area contributed by atoms with Crippen LogP contribution in [0.3, 0.4) is 0 Å². The monoisotopic (exact) mass is 644 g/mol. The number of para-hydroxylation sites is 2. The second-order valence-electron chi connectivity index (χ2n) is 13.6. The summed E-state index contributed by atoms with van der Waals surface area (Å²) in [7, 11) is 0. The van der Waals surface area contributed by atoms with Crippen molar-refractivity contribution in [1.82, 2.24) is 4.98 Å². The maximum absolute atomic E-state index is 6.83. The lowest BCUT2D eigenvalue weighted by molar-refractivity contribution is 0.618. The normalized spacial score (nSPS) is 13.2. The summed E-state index contributed by atoms with van der Waals surface area (Å²) in [5, 5.41) is 2.03. The number of anilines is 3. The smallest absolute Gasteiger partial charge is 0.227 e. The van der Waals surface area contributed by atoms with E-state index >= 15 is 0 Å². The van der Waals surface area contributed by atoms with Crippen LogP contribution in [0.25, 0.3) is 66.7 Å². The van der Waals surface area contributed by atoms with Crippen molar-refractivity contribution in [3.63, 3.8) is 0 Å². The minimum atomic E-state index is -0.112. The Morgan fingerprint density at radius 1 is 0.520 bits per heavy atom. The van der Waals surface area contributed by atoms with Gasteiger partial charge in [-0.05, 0) is 70.3 Å². The highest BCUT2D eigenvalue weighted by atomic mass is 16.4. The first-order valence-electron chi connectivity index (χ1n) is 17.1. The molecule has 0 unspecified atom stereocenters. The topological polar surface area (TPSA) is 42.4 Å². The molecule has 238 valence electrons. The molecule has 9 aromatic rings. The van der Waals surface area contributed by atoms with Crippen LogP contribution in [0.2, 0.25) is 0 Å². The zero-order chi connectivity index (χ0) is 33.4. The highest BCUT2D eigenvalue weighted by Gasteiger charge is 2.36. The summed E-state index contributed by atoms with van der Waals surface area (Å²) in [6.45, 7) is 4.64. The minimum Gasteiger partial charge on any atom is -0.454 e. The van der Waals surface area contributed by atoms with E-state index in [1.165, 1.54) is 22.3 Å². The molecule has 1 aliphatic rings. The molecular weight excluding hydrogens is 613 g/mol. The van der Waals surface area contributed by atoms with Crippen molar-refractivity contribution in [3.05, 3.63) is 169 Å². The number of fused-ring (bicyclic) bond motifs is 7. The fourth-order valence-electron chi connectivity index (χ4n) is 7.90. The molecule has 50 heavy (non-hydrogen) atoms. The fourth-order valence-corrected chi connectivity index (χ4v) is 7.90. The van der Waals surface area contributed by atoms with Crippen LogP contribution in [0.5, 0.6) is 0 Å². The number of aromatic nitrogens is 1. The van der Waals surface area contributed by atoms with Gasteiger partial charge >= 0.3 is 0 Å². The summed E-state index contributed by atoms with van der Waals surface area (Å²) in [5.41, 5.74) is 14.0. The molecule has 0 saturated carbocycles. The lowest BCUT2D eigenvalue weighted by atomic mass is 9.82. The van der Waals surface area contributed by atoms with E-state index in [9.17, 15) is 0 Å². The Balaban J connectivity index is 1.34. The molecule has 7 aromatic carbocycles. The summed E-state index contributed by atoms with van der Waals surface area (Å²) in [6, 6.07) is 55.2. The third-order valence-corrected chi connectivity index (χ3v) is 10.3. The van der Waals surface area contributed by atoms with Crippen molar-refractivity contribution < 1.29 is 8.83 Å². The molecule has 0 bridgehead atoms. The van der Waals surface area contributed by atoms with E-state index in [0.717, 1.165) is 61.2 Å². The number of benzene rings is 7. The maximum atomic E-state index is 6.83. The third-order valence-electron chi connectivity index (χ3n) is 10.3. The number of hydrogen-bond acceptors (Lipinski definition) is 4. The van der Waals surface area contributed by atoms with E-state index in [0.29, 0.717) is 11.5 Å². The first-order valence-corrected chi connectivity index (χ1v) is 17.1. The summed E-state index contributed by atoms with van der Waals surface area (Å²) < 4.78 is 13.7. The quantitative estimate of drug-likeness (QED) is 0.187. The molecule has 0 spiro atoms. The second kappa shape index (κ2) is 10.8. The van der Waals surface area contributed by atoms with Gasteiger partial charge in [0, 0.05) is 33.0 Å². The van der Waals surface area contributed by atoms with Gasteiger partial charge in [-0.1, -0.05) is 129 Å². The summed E-state index contributed by atoms with van der Waals surface area (Å²) in [6.07, 6.45) is 0. The van der Waals surface area contributed by atoms with Crippen LogP contribution in [-0.4, -0.2) is 4.98 Å². The van der Waals surface area contributed by atoms with Crippen LogP contribution < -0.4 is 4.90 Å². The SMILES string of the molecule is CC1(C)c2ccccc2-c2cc(N(c3ccccc3-c3ccccc3)c3c4oc(-c5ccccc5)nc4cc4c3oc3ccccc34)ccc21. The Morgan fingerprint density at radius 3 is 2.00 bits per heavy atom. The lowest BCUT2D eigenvalue weighted by Crippen LogP contribution is -2.15. The number of rotatable bonds is 5. The molecule has 2 heterocycles. The van der Waals surface area contributed by atoms with Crippen molar-refractivity contribution in [2.24, 2.45) is 0 Å². The molecule has 1 aliphatic carbocycles. The Kier molecular flexibility index (Phi) is 6.19. The maximum Gasteiger partial charge on any atom is 0.227 e. The average Bonchev–Trinajstić information content (AvgIpc) is 3.83. The Bertz CT molecular complexity index is 2740. The summed E-state index contributed by atoms with van der Waals surface area (Å²) in [4.78, 5) is 7.43. The number of nitrogens with zero attached hydrogens (tertiary/aromatic N) is 2. The lowest BCUT2D eigenvalue weighted by Gasteiger charge is -2.29. The largest absolute Gasteiger partial charge is 0.454 e. The van der Waals surface area contributed by atoms with E-state index in [1.54, 1.807) is 0 Å². The molecule has 4 heteroatoms. The van der Waals surface area contributed by atoms with Gasteiger partial charge in [-0.3, -0.25) is 0 Å².